The third-order valence-corrected chi connectivity index (χ3v) is 22.0. The van der Waals surface area contributed by atoms with Gasteiger partial charge in [0, 0.05) is 20.1 Å². The highest BCUT2D eigenvalue weighted by Crippen LogP contribution is 2.48. The van der Waals surface area contributed by atoms with Gasteiger partial charge in [0.2, 0.25) is 0 Å². The molecule has 4 aliphatic rings. The van der Waals surface area contributed by atoms with Crippen molar-refractivity contribution in [3.05, 3.63) is 181 Å². The molecule has 9 rings (SSSR count). The molecular formula is C66H86O9Si. The molecule has 0 aliphatic carbocycles. The van der Waals surface area contributed by atoms with Crippen LogP contribution in [0, 0.1) is 11.8 Å². The summed E-state index contributed by atoms with van der Waals surface area (Å²) in [7, 11) is -1.42. The molecule has 0 bridgehead atoms. The second-order valence-electron chi connectivity index (χ2n) is 23.9. The molecule has 76 heavy (non-hydrogen) atoms. The first kappa shape index (κ1) is 56.4. The molecule has 0 radical (unpaired) electrons. The van der Waals surface area contributed by atoms with Gasteiger partial charge >= 0.3 is 0 Å². The van der Waals surface area contributed by atoms with Crippen LogP contribution in [0.2, 0.25) is 5.04 Å². The van der Waals surface area contributed by atoms with Crippen LogP contribution in [0.15, 0.2) is 164 Å². The van der Waals surface area contributed by atoms with Crippen LogP contribution in [0.5, 0.6) is 0 Å². The summed E-state index contributed by atoms with van der Waals surface area (Å²) in [5.41, 5.74) is 1.67. The average Bonchev–Trinajstić information content (AvgIpc) is 3.51. The smallest absolute Gasteiger partial charge is 0.261 e. The summed E-state index contributed by atoms with van der Waals surface area (Å²) in [4.78, 5) is 0. The van der Waals surface area contributed by atoms with Gasteiger partial charge in [0.05, 0.1) is 67.1 Å². The van der Waals surface area contributed by atoms with Crippen molar-refractivity contribution in [2.45, 2.75) is 184 Å². The van der Waals surface area contributed by atoms with Gasteiger partial charge in [-0.1, -0.05) is 198 Å². The van der Waals surface area contributed by atoms with Crippen molar-refractivity contribution in [1.29, 1.82) is 0 Å². The highest BCUT2D eigenvalue weighted by atomic mass is 28.4. The molecule has 0 unspecified atom stereocenters. The van der Waals surface area contributed by atoms with Crippen LogP contribution in [0.3, 0.4) is 0 Å². The number of hydrogen-bond donors (Lipinski definition) is 1. The van der Waals surface area contributed by atoms with Gasteiger partial charge in [0.15, 0.2) is 5.79 Å². The number of aliphatic hydroxyl groups excluding tert-OH is 1. The molecular weight excluding hydrogens is 965 g/mol. The summed E-state index contributed by atoms with van der Waals surface area (Å²) < 4.78 is 58.1. The van der Waals surface area contributed by atoms with Crippen molar-refractivity contribution in [2.75, 3.05) is 20.3 Å². The van der Waals surface area contributed by atoms with Gasteiger partial charge in [0.1, 0.15) is 5.60 Å². The van der Waals surface area contributed by atoms with E-state index in [1.165, 1.54) is 10.4 Å². The van der Waals surface area contributed by atoms with Crippen LogP contribution in [-0.2, 0) is 43.2 Å². The Morgan fingerprint density at radius 3 is 1.66 bits per heavy atom. The van der Waals surface area contributed by atoms with Crippen LogP contribution in [-0.4, -0.2) is 100 Å². The fraction of sp³-hybridized carbons (Fsp3) is 0.515. The first-order valence-electron chi connectivity index (χ1n) is 28.3. The number of methoxy groups -OCH3 is 1. The van der Waals surface area contributed by atoms with Gasteiger partial charge in [-0.05, 0) is 110 Å². The predicted molar refractivity (Wildman–Crippen MR) is 304 cm³/mol. The molecule has 3 saturated heterocycles. The highest BCUT2D eigenvalue weighted by Gasteiger charge is 2.57. The maximum Gasteiger partial charge on any atom is 0.261 e. The fourth-order valence-electron chi connectivity index (χ4n) is 13.2. The van der Waals surface area contributed by atoms with E-state index >= 15 is 0 Å². The molecule has 9 nitrogen and oxygen atoms in total. The Morgan fingerprint density at radius 1 is 0.605 bits per heavy atom. The number of ether oxygens (including phenoxy) is 7. The molecule has 10 heteroatoms. The largest absolute Gasteiger partial charge is 0.402 e. The number of rotatable bonds is 16. The van der Waals surface area contributed by atoms with E-state index < -0.39 is 25.3 Å². The summed E-state index contributed by atoms with van der Waals surface area (Å²) in [6.07, 6.45) is 7.18. The molecule has 5 aromatic carbocycles. The Bertz CT molecular complexity index is 2440. The second-order valence-corrected chi connectivity index (χ2v) is 28.2. The van der Waals surface area contributed by atoms with Crippen LogP contribution < -0.4 is 10.4 Å². The van der Waals surface area contributed by atoms with Crippen LogP contribution in [0.25, 0.3) is 0 Å². The Balaban J connectivity index is 1.09. The lowest BCUT2D eigenvalue weighted by Crippen LogP contribution is -2.69. The maximum atomic E-state index is 10.4. The summed E-state index contributed by atoms with van der Waals surface area (Å²) in [5, 5.41) is 12.6. The van der Waals surface area contributed by atoms with Crippen LogP contribution >= 0.6 is 0 Å². The Kier molecular flexibility index (Phi) is 18.1. The van der Waals surface area contributed by atoms with Crippen LogP contribution in [0.4, 0.5) is 0 Å². The van der Waals surface area contributed by atoms with Gasteiger partial charge in [-0.15, -0.1) is 0 Å². The van der Waals surface area contributed by atoms with E-state index in [1.54, 1.807) is 7.11 Å². The Morgan fingerprint density at radius 2 is 1.13 bits per heavy atom. The Labute approximate surface area is 455 Å². The fourth-order valence-corrected chi connectivity index (χ4v) is 18.0. The zero-order chi connectivity index (χ0) is 53.6. The van der Waals surface area contributed by atoms with E-state index in [4.69, 9.17) is 37.6 Å². The lowest BCUT2D eigenvalue weighted by Gasteiger charge is -2.53. The molecule has 0 spiro atoms. The first-order valence-corrected chi connectivity index (χ1v) is 30.2. The Hall–Kier alpha value is -4.30. The predicted octanol–water partition coefficient (Wildman–Crippen LogP) is 12.1. The average molecular weight is 1050 g/mol. The number of benzene rings is 5. The van der Waals surface area contributed by atoms with Crippen molar-refractivity contribution in [1.82, 2.24) is 0 Å². The van der Waals surface area contributed by atoms with E-state index in [1.807, 2.05) is 13.8 Å². The van der Waals surface area contributed by atoms with E-state index in [0.29, 0.717) is 38.7 Å². The normalized spacial score (nSPS) is 30.2. The van der Waals surface area contributed by atoms with Crippen molar-refractivity contribution >= 4 is 18.7 Å². The molecule has 0 saturated carbocycles. The van der Waals surface area contributed by atoms with E-state index in [0.717, 1.165) is 36.0 Å². The SMILES string of the molecule is COC(C)(C)O[C@@H]1C/C=C\C[C@@H]2O[C@@H]3C[C@@H]4O[C@H](CCOC(c5ccccc5)(c5ccccc5)c5ccccc5)[C@@H](O[Si](c5ccccc5)(c5ccccc5)C(C)(C)C)C[C@@H](C)C[C@@]4(C)O[C@H]3C[C@H](C)[C@H]2O[C@H]1CCO. The summed E-state index contributed by atoms with van der Waals surface area (Å²) >= 11 is 0. The quantitative estimate of drug-likeness (QED) is 0.0449. The van der Waals surface area contributed by atoms with Gasteiger partial charge in [-0.25, -0.2) is 0 Å². The maximum absolute atomic E-state index is 10.4. The first-order chi connectivity index (χ1) is 36.6. The van der Waals surface area contributed by atoms with E-state index in [-0.39, 0.29) is 78.4 Å². The van der Waals surface area contributed by atoms with Crippen molar-refractivity contribution in [2.24, 2.45) is 11.8 Å². The molecule has 0 aromatic heterocycles. The molecule has 5 aromatic rings. The van der Waals surface area contributed by atoms with Gasteiger partial charge in [-0.3, -0.25) is 0 Å². The second kappa shape index (κ2) is 24.4. The van der Waals surface area contributed by atoms with E-state index in [2.05, 4.69) is 205 Å². The third-order valence-electron chi connectivity index (χ3n) is 17.0. The molecule has 0 amide bonds. The van der Waals surface area contributed by atoms with E-state index in [9.17, 15) is 5.11 Å². The molecule has 3 fully saturated rings. The molecule has 408 valence electrons. The third kappa shape index (κ3) is 12.1. The van der Waals surface area contributed by atoms with Crippen molar-refractivity contribution in [3.8, 4) is 0 Å². The standard InChI is InChI=1S/C66H86O9Si/c1-47-43-60(75-76(63(3,4)5,52-33-21-13-22-34-52)53-35-23-14-24-36-53)55(40-42-69-66(49-27-15-10-16-28-49,50-29-17-11-18-30-50)51-31-19-12-20-32-51)71-61-45-58-59(74-65(61,8)46-47)44-48(2)62-57(70-58)38-26-25-37-56(54(72-62)39-41-67)73-64(6,7)68-9/h10-36,47-48,54-62,67H,37-46H2,1-9H3/b26-25-/t47-,48+,54+,55-,56-,57+,58-,59+,60+,61+,62-,65-/m1/s1. The highest BCUT2D eigenvalue weighted by molar-refractivity contribution is 6.99. The van der Waals surface area contributed by atoms with Gasteiger partial charge in [0.25, 0.3) is 8.32 Å². The molecule has 4 aliphatic heterocycles. The zero-order valence-electron chi connectivity index (χ0n) is 46.7. The lowest BCUT2D eigenvalue weighted by molar-refractivity contribution is -0.274. The number of aliphatic hydroxyl groups is 1. The monoisotopic (exact) mass is 1050 g/mol. The molecule has 1 N–H and O–H groups in total. The number of fused-ring (bicyclic) bond motifs is 3. The van der Waals surface area contributed by atoms with Crippen molar-refractivity contribution in [3.63, 3.8) is 0 Å². The molecule has 12 atom stereocenters. The molecule has 4 heterocycles. The minimum Gasteiger partial charge on any atom is -0.402 e. The lowest BCUT2D eigenvalue weighted by atomic mass is 9.77. The van der Waals surface area contributed by atoms with Gasteiger partial charge < -0.3 is 42.7 Å². The summed E-state index contributed by atoms with van der Waals surface area (Å²) in [5.74, 6) is -0.496. The summed E-state index contributed by atoms with van der Waals surface area (Å²) in [6, 6.07) is 53.9. The van der Waals surface area contributed by atoms with Gasteiger partial charge in [-0.2, -0.15) is 0 Å². The minimum absolute atomic E-state index is 0.0169. The topological polar surface area (TPSA) is 94.1 Å². The number of hydrogen-bond acceptors (Lipinski definition) is 9. The van der Waals surface area contributed by atoms with Crippen molar-refractivity contribution < 1.29 is 42.7 Å². The minimum atomic E-state index is -3.08. The van der Waals surface area contributed by atoms with Crippen LogP contribution in [0.1, 0.15) is 123 Å². The zero-order valence-corrected chi connectivity index (χ0v) is 47.7. The summed E-state index contributed by atoms with van der Waals surface area (Å²) in [6.45, 7) is 18.2.